The number of aromatic nitrogens is 1. The standard InChI is InChI=1S/C12H17NO2/c1-9-3-4-11(8-13-9)12(14)5-6-15-10(2)7-12/h3-4,8,10,14H,5-7H2,1-2H3. The maximum absolute atomic E-state index is 10.5. The maximum atomic E-state index is 10.5. The van der Waals surface area contributed by atoms with Gasteiger partial charge >= 0.3 is 0 Å². The fourth-order valence-electron chi connectivity index (χ4n) is 2.07. The molecule has 3 nitrogen and oxygen atoms in total. The van der Waals surface area contributed by atoms with Gasteiger partial charge in [-0.1, -0.05) is 6.07 Å². The predicted molar refractivity (Wildman–Crippen MR) is 57.5 cm³/mol. The Hall–Kier alpha value is -0.930. The molecular weight excluding hydrogens is 190 g/mol. The molecule has 1 aliphatic heterocycles. The summed E-state index contributed by atoms with van der Waals surface area (Å²) in [7, 11) is 0. The summed E-state index contributed by atoms with van der Waals surface area (Å²) >= 11 is 0. The molecule has 1 aromatic heterocycles. The van der Waals surface area contributed by atoms with Crippen LogP contribution in [0.3, 0.4) is 0 Å². The Morgan fingerprint density at radius 2 is 2.33 bits per heavy atom. The highest BCUT2D eigenvalue weighted by molar-refractivity contribution is 5.21. The molecule has 0 aromatic carbocycles. The molecule has 0 spiro atoms. The van der Waals surface area contributed by atoms with Gasteiger partial charge in [0.2, 0.25) is 0 Å². The lowest BCUT2D eigenvalue weighted by Gasteiger charge is -2.35. The molecule has 82 valence electrons. The maximum Gasteiger partial charge on any atom is 0.0957 e. The molecule has 0 aliphatic carbocycles. The molecule has 1 saturated heterocycles. The van der Waals surface area contributed by atoms with E-state index in [4.69, 9.17) is 4.74 Å². The van der Waals surface area contributed by atoms with Crippen molar-refractivity contribution in [3.63, 3.8) is 0 Å². The summed E-state index contributed by atoms with van der Waals surface area (Å²) in [6.45, 7) is 4.55. The van der Waals surface area contributed by atoms with Crippen LogP contribution in [0.2, 0.25) is 0 Å². The van der Waals surface area contributed by atoms with Gasteiger partial charge in [-0.15, -0.1) is 0 Å². The molecule has 1 aromatic rings. The predicted octanol–water partition coefficient (Wildman–Crippen LogP) is 1.78. The topological polar surface area (TPSA) is 42.4 Å². The van der Waals surface area contributed by atoms with E-state index in [1.54, 1.807) is 6.20 Å². The van der Waals surface area contributed by atoms with Crippen LogP contribution >= 0.6 is 0 Å². The molecule has 2 rings (SSSR count). The smallest absolute Gasteiger partial charge is 0.0957 e. The Labute approximate surface area is 90.1 Å². The molecule has 0 bridgehead atoms. The van der Waals surface area contributed by atoms with E-state index in [0.29, 0.717) is 19.4 Å². The van der Waals surface area contributed by atoms with Gasteiger partial charge in [0.05, 0.1) is 18.3 Å². The van der Waals surface area contributed by atoms with E-state index in [1.807, 2.05) is 26.0 Å². The zero-order chi connectivity index (χ0) is 10.9. The summed E-state index contributed by atoms with van der Waals surface area (Å²) < 4.78 is 5.44. The molecule has 0 amide bonds. The van der Waals surface area contributed by atoms with Crippen LogP contribution in [0.25, 0.3) is 0 Å². The Balaban J connectivity index is 2.24. The highest BCUT2D eigenvalue weighted by Gasteiger charge is 2.35. The molecule has 1 fully saturated rings. The number of aliphatic hydroxyl groups is 1. The first-order chi connectivity index (χ1) is 7.10. The number of nitrogens with zero attached hydrogens (tertiary/aromatic N) is 1. The van der Waals surface area contributed by atoms with E-state index in [0.717, 1.165) is 11.3 Å². The van der Waals surface area contributed by atoms with Crippen LogP contribution in [0.1, 0.15) is 31.0 Å². The van der Waals surface area contributed by atoms with Crippen LogP contribution in [0, 0.1) is 6.92 Å². The summed E-state index contributed by atoms with van der Waals surface area (Å²) in [5.41, 5.74) is 1.13. The van der Waals surface area contributed by atoms with E-state index in [1.165, 1.54) is 0 Å². The van der Waals surface area contributed by atoms with Crippen molar-refractivity contribution in [3.05, 3.63) is 29.6 Å². The van der Waals surface area contributed by atoms with Crippen LogP contribution in [0.4, 0.5) is 0 Å². The molecule has 2 atom stereocenters. The lowest BCUT2D eigenvalue weighted by atomic mass is 9.85. The summed E-state index contributed by atoms with van der Waals surface area (Å²) in [6, 6.07) is 3.90. The molecule has 2 unspecified atom stereocenters. The van der Waals surface area contributed by atoms with Crippen molar-refractivity contribution in [2.75, 3.05) is 6.61 Å². The van der Waals surface area contributed by atoms with Gasteiger partial charge in [-0.25, -0.2) is 0 Å². The molecule has 3 heteroatoms. The molecule has 2 heterocycles. The van der Waals surface area contributed by atoms with Crippen molar-refractivity contribution in [2.24, 2.45) is 0 Å². The Kier molecular flexibility index (Phi) is 2.76. The van der Waals surface area contributed by atoms with Crippen LogP contribution < -0.4 is 0 Å². The molecule has 1 N–H and O–H groups in total. The largest absolute Gasteiger partial charge is 0.385 e. The van der Waals surface area contributed by atoms with Gasteiger partial charge in [0.1, 0.15) is 0 Å². The van der Waals surface area contributed by atoms with E-state index < -0.39 is 5.60 Å². The van der Waals surface area contributed by atoms with Gasteiger partial charge in [-0.2, -0.15) is 0 Å². The van der Waals surface area contributed by atoms with Gasteiger partial charge in [0.25, 0.3) is 0 Å². The van der Waals surface area contributed by atoms with E-state index >= 15 is 0 Å². The van der Waals surface area contributed by atoms with Crippen molar-refractivity contribution < 1.29 is 9.84 Å². The highest BCUT2D eigenvalue weighted by atomic mass is 16.5. The van der Waals surface area contributed by atoms with E-state index in [2.05, 4.69) is 4.98 Å². The second-order valence-electron chi connectivity index (χ2n) is 4.36. The number of hydrogen-bond acceptors (Lipinski definition) is 3. The number of rotatable bonds is 1. The fraction of sp³-hybridized carbons (Fsp3) is 0.583. The second kappa shape index (κ2) is 3.91. The Bertz CT molecular complexity index is 336. The van der Waals surface area contributed by atoms with Crippen molar-refractivity contribution in [3.8, 4) is 0 Å². The summed E-state index contributed by atoms with van der Waals surface area (Å²) in [6.07, 6.45) is 3.19. The summed E-state index contributed by atoms with van der Waals surface area (Å²) in [4.78, 5) is 4.22. The molecule has 15 heavy (non-hydrogen) atoms. The second-order valence-corrected chi connectivity index (χ2v) is 4.36. The van der Waals surface area contributed by atoms with Crippen molar-refractivity contribution in [1.29, 1.82) is 0 Å². The van der Waals surface area contributed by atoms with Gasteiger partial charge in [0.15, 0.2) is 0 Å². The lowest BCUT2D eigenvalue weighted by Crippen LogP contribution is -2.37. The van der Waals surface area contributed by atoms with Gasteiger partial charge < -0.3 is 9.84 Å². The van der Waals surface area contributed by atoms with Gasteiger partial charge in [-0.05, 0) is 19.9 Å². The Morgan fingerprint density at radius 3 is 2.93 bits per heavy atom. The minimum Gasteiger partial charge on any atom is -0.385 e. The van der Waals surface area contributed by atoms with Gasteiger partial charge in [0, 0.05) is 30.3 Å². The number of ether oxygens (including phenoxy) is 1. The fourth-order valence-corrected chi connectivity index (χ4v) is 2.07. The van der Waals surface area contributed by atoms with Crippen molar-refractivity contribution >= 4 is 0 Å². The third kappa shape index (κ3) is 2.19. The van der Waals surface area contributed by atoms with Gasteiger partial charge in [-0.3, -0.25) is 4.98 Å². The quantitative estimate of drug-likeness (QED) is 0.763. The average molecular weight is 207 g/mol. The summed E-state index contributed by atoms with van der Waals surface area (Å²) in [5.74, 6) is 0. The number of hydrogen-bond donors (Lipinski definition) is 1. The molecular formula is C12H17NO2. The first kappa shape index (κ1) is 10.6. The molecule has 0 radical (unpaired) electrons. The molecule has 0 saturated carbocycles. The SMILES string of the molecule is Cc1ccc(C2(O)CCOC(C)C2)cn1. The average Bonchev–Trinajstić information content (AvgIpc) is 2.18. The van der Waals surface area contributed by atoms with Crippen LogP contribution in [-0.4, -0.2) is 22.8 Å². The third-order valence-corrected chi connectivity index (χ3v) is 2.99. The van der Waals surface area contributed by atoms with Crippen LogP contribution in [0.15, 0.2) is 18.3 Å². The van der Waals surface area contributed by atoms with E-state index in [-0.39, 0.29) is 6.10 Å². The first-order valence-corrected chi connectivity index (χ1v) is 5.37. The zero-order valence-corrected chi connectivity index (χ0v) is 9.23. The zero-order valence-electron chi connectivity index (χ0n) is 9.23. The Morgan fingerprint density at radius 1 is 1.53 bits per heavy atom. The minimum absolute atomic E-state index is 0.116. The van der Waals surface area contributed by atoms with Crippen LogP contribution in [-0.2, 0) is 10.3 Å². The first-order valence-electron chi connectivity index (χ1n) is 5.37. The monoisotopic (exact) mass is 207 g/mol. The number of pyridine rings is 1. The highest BCUT2D eigenvalue weighted by Crippen LogP contribution is 2.33. The lowest BCUT2D eigenvalue weighted by molar-refractivity contribution is -0.101. The van der Waals surface area contributed by atoms with Crippen molar-refractivity contribution in [2.45, 2.75) is 38.4 Å². The minimum atomic E-state index is -0.752. The normalized spacial score (nSPS) is 31.5. The van der Waals surface area contributed by atoms with Crippen LogP contribution in [0.5, 0.6) is 0 Å². The van der Waals surface area contributed by atoms with E-state index in [9.17, 15) is 5.11 Å². The van der Waals surface area contributed by atoms with Crippen molar-refractivity contribution in [1.82, 2.24) is 4.98 Å². The third-order valence-electron chi connectivity index (χ3n) is 2.99. The number of aryl methyl sites for hydroxylation is 1. The molecule has 1 aliphatic rings. The summed E-state index contributed by atoms with van der Waals surface area (Å²) in [5, 5.41) is 10.5.